The Bertz CT molecular complexity index is 688. The van der Waals surface area contributed by atoms with Crippen molar-refractivity contribution in [1.82, 2.24) is 0 Å². The average Bonchev–Trinajstić information content (AvgIpc) is 2.49. The van der Waals surface area contributed by atoms with E-state index in [0.717, 1.165) is 16.8 Å². The number of phenols is 1. The quantitative estimate of drug-likeness (QED) is 0.565. The van der Waals surface area contributed by atoms with Gasteiger partial charge in [-0.05, 0) is 56.5 Å². The summed E-state index contributed by atoms with van der Waals surface area (Å²) in [5, 5.41) is 14.1. The second kappa shape index (κ2) is 6.95. The van der Waals surface area contributed by atoms with Crippen LogP contribution in [0.15, 0.2) is 44.4 Å². The number of anilines is 1. The van der Waals surface area contributed by atoms with Crippen molar-refractivity contribution in [2.75, 3.05) is 12.5 Å². The Morgan fingerprint density at radius 2 is 1.95 bits per heavy atom. The van der Waals surface area contributed by atoms with Crippen LogP contribution >= 0.6 is 31.9 Å². The lowest BCUT2D eigenvalue weighted by Crippen LogP contribution is -1.95. The first-order valence-corrected chi connectivity index (χ1v) is 7.73. The SMILES string of the molecule is COc1cc(C=NNc2ccccc2C)c(Br)c(Br)c1O. The molecule has 0 bridgehead atoms. The summed E-state index contributed by atoms with van der Waals surface area (Å²) in [6, 6.07) is 9.58. The molecule has 0 saturated heterocycles. The third-order valence-corrected chi connectivity index (χ3v) is 5.09. The summed E-state index contributed by atoms with van der Waals surface area (Å²) >= 11 is 6.72. The molecule has 6 heteroatoms. The van der Waals surface area contributed by atoms with Crippen LogP contribution in [0.4, 0.5) is 5.69 Å². The molecule has 0 aliphatic carbocycles. The number of rotatable bonds is 4. The van der Waals surface area contributed by atoms with E-state index in [-0.39, 0.29) is 5.75 Å². The van der Waals surface area contributed by atoms with Crippen LogP contribution in [0.5, 0.6) is 11.5 Å². The van der Waals surface area contributed by atoms with E-state index in [4.69, 9.17) is 4.74 Å². The number of halogens is 2. The van der Waals surface area contributed by atoms with Crippen LogP contribution in [0.3, 0.4) is 0 Å². The van der Waals surface area contributed by atoms with E-state index in [9.17, 15) is 5.11 Å². The minimum absolute atomic E-state index is 0.0494. The highest BCUT2D eigenvalue weighted by atomic mass is 79.9. The molecule has 0 saturated carbocycles. The predicted octanol–water partition coefficient (Wildman–Crippen LogP) is 4.68. The Hall–Kier alpha value is -1.53. The Labute approximate surface area is 140 Å². The topological polar surface area (TPSA) is 53.8 Å². The van der Waals surface area contributed by atoms with Gasteiger partial charge in [0, 0.05) is 10.0 Å². The lowest BCUT2D eigenvalue weighted by Gasteiger charge is -2.09. The van der Waals surface area contributed by atoms with Crippen molar-refractivity contribution < 1.29 is 9.84 Å². The smallest absolute Gasteiger partial charge is 0.173 e. The molecular weight excluding hydrogens is 400 g/mol. The number of benzene rings is 2. The molecule has 0 atom stereocenters. The lowest BCUT2D eigenvalue weighted by molar-refractivity contribution is 0.371. The maximum atomic E-state index is 9.88. The van der Waals surface area contributed by atoms with Crippen molar-refractivity contribution >= 4 is 43.8 Å². The molecule has 0 radical (unpaired) electrons. The molecule has 0 aromatic heterocycles. The van der Waals surface area contributed by atoms with E-state index in [2.05, 4.69) is 42.4 Å². The zero-order chi connectivity index (χ0) is 15.4. The third-order valence-electron chi connectivity index (χ3n) is 2.93. The Morgan fingerprint density at radius 3 is 2.62 bits per heavy atom. The molecule has 0 unspecified atom stereocenters. The zero-order valence-electron chi connectivity index (χ0n) is 11.5. The van der Waals surface area contributed by atoms with Crippen LogP contribution in [0.1, 0.15) is 11.1 Å². The van der Waals surface area contributed by atoms with Gasteiger partial charge in [0.2, 0.25) is 0 Å². The molecule has 0 aliphatic rings. The fourth-order valence-electron chi connectivity index (χ4n) is 1.73. The molecule has 2 N–H and O–H groups in total. The van der Waals surface area contributed by atoms with Crippen molar-refractivity contribution in [3.63, 3.8) is 0 Å². The predicted molar refractivity (Wildman–Crippen MR) is 92.5 cm³/mol. The molecule has 0 spiro atoms. The Kier molecular flexibility index (Phi) is 5.25. The number of phenolic OH excluding ortho intramolecular Hbond substituents is 1. The van der Waals surface area contributed by atoms with Gasteiger partial charge in [-0.15, -0.1) is 0 Å². The maximum absolute atomic E-state index is 9.88. The zero-order valence-corrected chi connectivity index (χ0v) is 14.7. The Balaban J connectivity index is 2.25. The van der Waals surface area contributed by atoms with Gasteiger partial charge in [0.25, 0.3) is 0 Å². The lowest BCUT2D eigenvalue weighted by atomic mass is 10.2. The third kappa shape index (κ3) is 3.57. The largest absolute Gasteiger partial charge is 0.503 e. The van der Waals surface area contributed by atoms with Crippen LogP contribution < -0.4 is 10.2 Å². The van der Waals surface area contributed by atoms with Crippen LogP contribution in [0.25, 0.3) is 0 Å². The number of hydrogen-bond donors (Lipinski definition) is 2. The van der Waals surface area contributed by atoms with Gasteiger partial charge in [0.15, 0.2) is 11.5 Å². The summed E-state index contributed by atoms with van der Waals surface area (Å²) in [6.45, 7) is 2.01. The van der Waals surface area contributed by atoms with E-state index < -0.39 is 0 Å². The number of ether oxygens (including phenoxy) is 1. The maximum Gasteiger partial charge on any atom is 0.173 e. The molecule has 2 aromatic rings. The summed E-state index contributed by atoms with van der Waals surface area (Å²) in [5.41, 5.74) is 5.81. The second-order valence-corrected chi connectivity index (χ2v) is 5.92. The fourth-order valence-corrected chi connectivity index (χ4v) is 2.56. The summed E-state index contributed by atoms with van der Waals surface area (Å²) < 4.78 is 6.35. The van der Waals surface area contributed by atoms with E-state index in [1.54, 1.807) is 12.3 Å². The molecule has 110 valence electrons. The molecule has 2 rings (SSSR count). The summed E-state index contributed by atoms with van der Waals surface area (Å²) in [7, 11) is 1.50. The summed E-state index contributed by atoms with van der Waals surface area (Å²) in [4.78, 5) is 0. The average molecular weight is 414 g/mol. The molecule has 0 fully saturated rings. The minimum atomic E-state index is 0.0494. The second-order valence-electron chi connectivity index (χ2n) is 4.33. The highest BCUT2D eigenvalue weighted by Gasteiger charge is 2.13. The molecule has 4 nitrogen and oxygen atoms in total. The van der Waals surface area contributed by atoms with E-state index in [1.807, 2.05) is 31.2 Å². The molecule has 0 amide bonds. The number of para-hydroxylation sites is 1. The van der Waals surface area contributed by atoms with Gasteiger partial charge in [-0.1, -0.05) is 18.2 Å². The normalized spacial score (nSPS) is 10.9. The number of nitrogens with zero attached hydrogens (tertiary/aromatic N) is 1. The minimum Gasteiger partial charge on any atom is -0.503 e. The molecule has 2 aromatic carbocycles. The Morgan fingerprint density at radius 1 is 1.24 bits per heavy atom. The van der Waals surface area contributed by atoms with Crippen molar-refractivity contribution in [1.29, 1.82) is 0 Å². The van der Waals surface area contributed by atoms with E-state index in [1.165, 1.54) is 7.11 Å². The van der Waals surface area contributed by atoms with Gasteiger partial charge in [-0.3, -0.25) is 5.43 Å². The molecule has 0 heterocycles. The molecular formula is C15H14Br2N2O2. The standard InChI is InChI=1S/C15H14Br2N2O2/c1-9-5-3-4-6-11(9)19-18-8-10-7-12(21-2)15(20)14(17)13(10)16/h3-8,19-20H,1-2H3. The number of aromatic hydroxyl groups is 1. The van der Waals surface area contributed by atoms with Crippen molar-refractivity contribution in [3.8, 4) is 11.5 Å². The van der Waals surface area contributed by atoms with Crippen molar-refractivity contribution in [2.24, 2.45) is 5.10 Å². The number of aryl methyl sites for hydroxylation is 1. The van der Waals surface area contributed by atoms with Crippen LogP contribution in [-0.4, -0.2) is 18.4 Å². The number of nitrogens with one attached hydrogen (secondary N) is 1. The van der Waals surface area contributed by atoms with Crippen molar-refractivity contribution in [3.05, 3.63) is 50.4 Å². The van der Waals surface area contributed by atoms with Gasteiger partial charge < -0.3 is 9.84 Å². The van der Waals surface area contributed by atoms with Crippen LogP contribution in [-0.2, 0) is 0 Å². The first-order valence-electron chi connectivity index (χ1n) is 6.14. The first kappa shape index (κ1) is 15.9. The monoisotopic (exact) mass is 412 g/mol. The summed E-state index contributed by atoms with van der Waals surface area (Å²) in [6.07, 6.45) is 1.66. The van der Waals surface area contributed by atoms with Gasteiger partial charge in [-0.2, -0.15) is 5.10 Å². The van der Waals surface area contributed by atoms with Gasteiger partial charge in [0.05, 0.1) is 23.5 Å². The van der Waals surface area contributed by atoms with Gasteiger partial charge in [0.1, 0.15) is 0 Å². The number of hydrogen-bond acceptors (Lipinski definition) is 4. The van der Waals surface area contributed by atoms with Gasteiger partial charge in [-0.25, -0.2) is 0 Å². The summed E-state index contributed by atoms with van der Waals surface area (Å²) in [5.74, 6) is 0.427. The molecule has 0 aliphatic heterocycles. The van der Waals surface area contributed by atoms with Gasteiger partial charge >= 0.3 is 0 Å². The van der Waals surface area contributed by atoms with E-state index >= 15 is 0 Å². The van der Waals surface area contributed by atoms with E-state index in [0.29, 0.717) is 14.7 Å². The molecule has 21 heavy (non-hydrogen) atoms. The first-order chi connectivity index (χ1) is 10.0. The number of hydrazone groups is 1. The van der Waals surface area contributed by atoms with Crippen LogP contribution in [0.2, 0.25) is 0 Å². The van der Waals surface area contributed by atoms with Crippen molar-refractivity contribution in [2.45, 2.75) is 6.92 Å². The number of methoxy groups -OCH3 is 1. The van der Waals surface area contributed by atoms with Crippen LogP contribution in [0, 0.1) is 6.92 Å². The fraction of sp³-hybridized carbons (Fsp3) is 0.133. The highest BCUT2D eigenvalue weighted by molar-refractivity contribution is 9.13. The highest BCUT2D eigenvalue weighted by Crippen LogP contribution is 2.41.